The van der Waals surface area contributed by atoms with E-state index in [4.69, 9.17) is 16.0 Å². The zero-order valence-corrected chi connectivity index (χ0v) is 14.9. The molecule has 0 atom stereocenters. The minimum Gasteiger partial charge on any atom is -0.444 e. The van der Waals surface area contributed by atoms with Crippen LogP contribution in [0.25, 0.3) is 22.4 Å². The lowest BCUT2D eigenvalue weighted by Crippen LogP contribution is -2.15. The number of hydrogen-bond acceptors (Lipinski definition) is 5. The number of aromatic amines is 1. The average molecular weight is 418 g/mol. The number of halogens is 2. The van der Waals surface area contributed by atoms with E-state index in [0.717, 1.165) is 6.26 Å². The van der Waals surface area contributed by atoms with Crippen LogP contribution in [0.3, 0.4) is 0 Å². The fourth-order valence-electron chi connectivity index (χ4n) is 2.28. The van der Waals surface area contributed by atoms with Crippen molar-refractivity contribution in [2.24, 2.45) is 0 Å². The molecule has 0 bridgehead atoms. The van der Waals surface area contributed by atoms with E-state index < -0.39 is 21.4 Å². The lowest BCUT2D eigenvalue weighted by Gasteiger charge is -2.01. The Morgan fingerprint density at radius 2 is 2.17 bits per heavy atom. The van der Waals surface area contributed by atoms with Gasteiger partial charge < -0.3 is 9.40 Å². The van der Waals surface area contributed by atoms with Gasteiger partial charge in [0.25, 0.3) is 0 Å². The molecule has 2 heterocycles. The third-order valence-corrected chi connectivity index (χ3v) is 5.14. The van der Waals surface area contributed by atoms with Crippen molar-refractivity contribution in [2.75, 3.05) is 12.0 Å². The van der Waals surface area contributed by atoms with Crippen molar-refractivity contribution in [2.45, 2.75) is 0 Å². The summed E-state index contributed by atoms with van der Waals surface area (Å²) in [6, 6.07) is 3.37. The van der Waals surface area contributed by atoms with Crippen LogP contribution in [0.2, 0.25) is 5.02 Å². The van der Waals surface area contributed by atoms with Crippen LogP contribution >= 0.6 is 27.5 Å². The van der Waals surface area contributed by atoms with E-state index in [1.165, 1.54) is 12.5 Å². The molecular weight excluding hydrogens is 408 g/mol. The maximum absolute atomic E-state index is 12.4. The van der Waals surface area contributed by atoms with E-state index in [0.29, 0.717) is 26.0 Å². The van der Waals surface area contributed by atoms with Crippen LogP contribution in [0.5, 0.6) is 0 Å². The number of Topliss-reactive ketones (excluding diaryl/α,β-unsaturated/α-hetero) is 1. The fraction of sp³-hybridized carbons (Fsp3) is 0.143. The molecule has 0 fully saturated rings. The zero-order chi connectivity index (χ0) is 16.8. The zero-order valence-electron chi connectivity index (χ0n) is 11.8. The first-order chi connectivity index (χ1) is 10.8. The molecule has 3 aromatic rings. The van der Waals surface area contributed by atoms with Crippen molar-refractivity contribution in [1.82, 2.24) is 9.97 Å². The third kappa shape index (κ3) is 3.19. The molecule has 1 N–H and O–H groups in total. The van der Waals surface area contributed by atoms with Crippen LogP contribution in [0.4, 0.5) is 0 Å². The summed E-state index contributed by atoms with van der Waals surface area (Å²) in [5, 5.41) is 1.07. The van der Waals surface area contributed by atoms with Crippen LogP contribution in [0, 0.1) is 0 Å². The van der Waals surface area contributed by atoms with Gasteiger partial charge in [-0.25, -0.2) is 13.4 Å². The number of fused-ring (bicyclic) bond motifs is 1. The number of ketones is 1. The van der Waals surface area contributed by atoms with Crippen molar-refractivity contribution < 1.29 is 17.6 Å². The predicted octanol–water partition coefficient (Wildman–Crippen LogP) is 3.47. The Kier molecular flexibility index (Phi) is 4.07. The molecule has 0 saturated carbocycles. The molecule has 0 amide bonds. The first-order valence-electron chi connectivity index (χ1n) is 6.38. The van der Waals surface area contributed by atoms with Gasteiger partial charge >= 0.3 is 0 Å². The molecule has 0 radical (unpaired) electrons. The van der Waals surface area contributed by atoms with Crippen molar-refractivity contribution in [3.8, 4) is 11.5 Å². The highest BCUT2D eigenvalue weighted by Gasteiger charge is 2.25. The Balaban J connectivity index is 2.28. The van der Waals surface area contributed by atoms with E-state index in [2.05, 4.69) is 25.9 Å². The highest BCUT2D eigenvalue weighted by atomic mass is 79.9. The first-order valence-corrected chi connectivity index (χ1v) is 9.61. The molecule has 23 heavy (non-hydrogen) atoms. The Labute approximate surface area is 144 Å². The molecule has 2 aromatic heterocycles. The Hall–Kier alpha value is -1.64. The van der Waals surface area contributed by atoms with Gasteiger partial charge in [0.05, 0.1) is 22.5 Å². The Bertz CT molecular complexity index is 1010. The second kappa shape index (κ2) is 5.77. The topological polar surface area (TPSA) is 93.0 Å². The minimum atomic E-state index is -3.47. The second-order valence-electron chi connectivity index (χ2n) is 5.02. The number of sulfone groups is 1. The molecule has 0 aliphatic heterocycles. The molecule has 6 nitrogen and oxygen atoms in total. The lowest BCUT2D eigenvalue weighted by atomic mass is 10.1. The highest BCUT2D eigenvalue weighted by Crippen LogP contribution is 2.36. The third-order valence-electron chi connectivity index (χ3n) is 3.16. The van der Waals surface area contributed by atoms with Crippen LogP contribution < -0.4 is 0 Å². The molecule has 0 spiro atoms. The summed E-state index contributed by atoms with van der Waals surface area (Å²) < 4.78 is 28.8. The summed E-state index contributed by atoms with van der Waals surface area (Å²) in [6.07, 6.45) is 3.82. The maximum Gasteiger partial charge on any atom is 0.228 e. The number of nitrogens with one attached hydrogen (secondary N) is 1. The monoisotopic (exact) mass is 416 g/mol. The number of aromatic nitrogens is 2. The van der Waals surface area contributed by atoms with E-state index >= 15 is 0 Å². The Morgan fingerprint density at radius 1 is 1.43 bits per heavy atom. The maximum atomic E-state index is 12.4. The summed E-state index contributed by atoms with van der Waals surface area (Å²) in [5.74, 6) is -0.960. The predicted molar refractivity (Wildman–Crippen MR) is 90.5 cm³/mol. The smallest absolute Gasteiger partial charge is 0.228 e. The largest absolute Gasteiger partial charge is 0.444 e. The number of nitrogens with zero attached hydrogens (tertiary/aromatic N) is 1. The highest BCUT2D eigenvalue weighted by molar-refractivity contribution is 9.10. The van der Waals surface area contributed by atoms with Gasteiger partial charge in [0.2, 0.25) is 5.89 Å². The normalized spacial score (nSPS) is 12.0. The number of benzene rings is 1. The van der Waals surface area contributed by atoms with Crippen molar-refractivity contribution in [3.05, 3.63) is 39.8 Å². The molecule has 0 saturated heterocycles. The average Bonchev–Trinajstić information content (AvgIpc) is 3.04. The van der Waals surface area contributed by atoms with E-state index in [9.17, 15) is 13.2 Å². The van der Waals surface area contributed by atoms with E-state index in [1.807, 2.05) is 0 Å². The first kappa shape index (κ1) is 16.2. The summed E-state index contributed by atoms with van der Waals surface area (Å²) >= 11 is 9.44. The van der Waals surface area contributed by atoms with E-state index in [1.54, 1.807) is 12.1 Å². The number of hydrogen-bond donors (Lipinski definition) is 1. The van der Waals surface area contributed by atoms with E-state index in [-0.39, 0.29) is 11.6 Å². The van der Waals surface area contributed by atoms with Crippen molar-refractivity contribution in [3.63, 3.8) is 0 Å². The van der Waals surface area contributed by atoms with Gasteiger partial charge in [-0.15, -0.1) is 0 Å². The molecule has 1 aromatic carbocycles. The van der Waals surface area contributed by atoms with Crippen LogP contribution in [-0.2, 0) is 9.84 Å². The number of rotatable bonds is 4. The van der Waals surface area contributed by atoms with Gasteiger partial charge in [-0.2, -0.15) is 0 Å². The molecule has 0 aliphatic rings. The SMILES string of the molecule is CS(=O)(=O)CC(=O)c1[nH]c2cc(Br)c(Cl)cc2c1-c1ncco1. The van der Waals surface area contributed by atoms with Crippen LogP contribution in [0.1, 0.15) is 10.5 Å². The number of carbonyl (C=O) groups is 1. The minimum absolute atomic E-state index is 0.127. The quantitative estimate of drug-likeness (QED) is 0.656. The van der Waals surface area contributed by atoms with Crippen LogP contribution in [0.15, 0.2) is 33.5 Å². The molecule has 0 unspecified atom stereocenters. The summed E-state index contributed by atoms with van der Waals surface area (Å²) in [4.78, 5) is 19.4. The summed E-state index contributed by atoms with van der Waals surface area (Å²) in [5.41, 5.74) is 1.14. The number of carbonyl (C=O) groups excluding carboxylic acids is 1. The van der Waals surface area contributed by atoms with Gasteiger partial charge in [-0.05, 0) is 28.1 Å². The molecular formula is C14H10BrClN2O4S. The fourth-order valence-corrected chi connectivity index (χ4v) is 3.41. The molecule has 120 valence electrons. The van der Waals surface area contributed by atoms with Crippen LogP contribution in [-0.4, -0.2) is 36.2 Å². The molecule has 9 heteroatoms. The second-order valence-corrected chi connectivity index (χ2v) is 8.42. The standard InChI is InChI=1S/C14H10BrClN2O4S/c1-23(20,21)6-11(19)13-12(14-17-2-3-22-14)7-4-9(16)8(15)5-10(7)18-13/h2-5,18H,6H2,1H3. The number of H-pyrrole nitrogens is 1. The molecule has 3 rings (SSSR count). The van der Waals surface area contributed by atoms with Gasteiger partial charge in [0.1, 0.15) is 12.0 Å². The lowest BCUT2D eigenvalue weighted by molar-refractivity contribution is 0.101. The van der Waals surface area contributed by atoms with Gasteiger partial charge in [-0.1, -0.05) is 11.6 Å². The van der Waals surface area contributed by atoms with Gasteiger partial charge in [0, 0.05) is 21.6 Å². The summed E-state index contributed by atoms with van der Waals surface area (Å²) in [6.45, 7) is 0. The Morgan fingerprint density at radius 3 is 2.78 bits per heavy atom. The van der Waals surface area contributed by atoms with Gasteiger partial charge in [0.15, 0.2) is 15.6 Å². The number of oxazole rings is 1. The summed E-state index contributed by atoms with van der Waals surface area (Å²) in [7, 11) is -3.47. The van der Waals surface area contributed by atoms with Crippen molar-refractivity contribution in [1.29, 1.82) is 0 Å². The van der Waals surface area contributed by atoms with Crippen molar-refractivity contribution >= 4 is 54.1 Å². The molecule has 0 aliphatic carbocycles. The van der Waals surface area contributed by atoms with Gasteiger partial charge in [-0.3, -0.25) is 4.79 Å².